The second-order valence-corrected chi connectivity index (χ2v) is 7.70. The van der Waals surface area contributed by atoms with Gasteiger partial charge in [-0.25, -0.2) is 4.79 Å². The Morgan fingerprint density at radius 2 is 1.77 bits per heavy atom. The van der Waals surface area contributed by atoms with Crippen LogP contribution in [-0.2, 0) is 25.9 Å². The van der Waals surface area contributed by atoms with E-state index in [1.54, 1.807) is 16.7 Å². The Balaban J connectivity index is 1.51. The first kappa shape index (κ1) is 20.0. The molecular weight excluding hydrogens is 374 g/mol. The molecule has 2 heterocycles. The van der Waals surface area contributed by atoms with E-state index >= 15 is 0 Å². The number of fused-ring (bicyclic) bond motifs is 1. The lowest BCUT2D eigenvalue weighted by molar-refractivity contribution is 0.475. The Kier molecular flexibility index (Phi) is 5.98. The third-order valence-corrected chi connectivity index (χ3v) is 5.40. The summed E-state index contributed by atoms with van der Waals surface area (Å²) in [6, 6.07) is 19.4. The molecule has 0 saturated carbocycles. The summed E-state index contributed by atoms with van der Waals surface area (Å²) in [5.41, 5.74) is 4.13. The molecule has 0 aliphatic rings. The average molecular weight is 402 g/mol. The van der Waals surface area contributed by atoms with Crippen molar-refractivity contribution in [1.82, 2.24) is 14.1 Å². The lowest BCUT2D eigenvalue weighted by Crippen LogP contribution is -2.25. The van der Waals surface area contributed by atoms with Crippen molar-refractivity contribution in [2.24, 2.45) is 0 Å². The molecule has 0 amide bonds. The molecule has 154 valence electrons. The Hall–Kier alpha value is -3.34. The number of imidazole rings is 1. The number of hydrogen-bond acceptors (Lipinski definition) is 3. The molecular formula is C25H27N3O2. The molecule has 5 heteroatoms. The molecule has 0 fully saturated rings. The van der Waals surface area contributed by atoms with Crippen molar-refractivity contribution in [3.05, 3.63) is 94.3 Å². The summed E-state index contributed by atoms with van der Waals surface area (Å²) in [5, 5.41) is 10.5. The van der Waals surface area contributed by atoms with E-state index in [0.717, 1.165) is 54.5 Å². The first-order valence-electron chi connectivity index (χ1n) is 10.6. The molecule has 4 aromatic rings. The minimum absolute atomic E-state index is 0.0337. The Morgan fingerprint density at radius 3 is 2.57 bits per heavy atom. The second-order valence-electron chi connectivity index (χ2n) is 7.70. The van der Waals surface area contributed by atoms with E-state index in [9.17, 15) is 9.90 Å². The van der Waals surface area contributed by atoms with Crippen molar-refractivity contribution in [3.63, 3.8) is 0 Å². The highest BCUT2D eigenvalue weighted by molar-refractivity contribution is 5.78. The molecule has 2 aromatic carbocycles. The molecule has 0 saturated heterocycles. The van der Waals surface area contributed by atoms with Crippen LogP contribution < -0.4 is 5.69 Å². The number of rotatable bonds is 8. The Labute approximate surface area is 176 Å². The number of nitrogens with zero attached hydrogens (tertiary/aromatic N) is 3. The van der Waals surface area contributed by atoms with Crippen molar-refractivity contribution >= 4 is 10.9 Å². The third-order valence-electron chi connectivity index (χ3n) is 5.40. The first-order chi connectivity index (χ1) is 14.6. The van der Waals surface area contributed by atoms with Crippen molar-refractivity contribution in [1.29, 1.82) is 0 Å². The quantitative estimate of drug-likeness (QED) is 0.472. The largest absolute Gasteiger partial charge is 0.508 e. The smallest absolute Gasteiger partial charge is 0.328 e. The molecule has 0 radical (unpaired) electrons. The highest BCUT2D eigenvalue weighted by atomic mass is 16.3. The molecule has 30 heavy (non-hydrogen) atoms. The van der Waals surface area contributed by atoms with Gasteiger partial charge in [-0.1, -0.05) is 43.3 Å². The summed E-state index contributed by atoms with van der Waals surface area (Å²) in [7, 11) is 0. The van der Waals surface area contributed by atoms with Gasteiger partial charge >= 0.3 is 5.69 Å². The summed E-state index contributed by atoms with van der Waals surface area (Å²) in [6.45, 7) is 3.30. The van der Waals surface area contributed by atoms with Gasteiger partial charge in [-0.2, -0.15) is 0 Å². The molecule has 1 N–H and O–H groups in total. The molecule has 0 aliphatic heterocycles. The van der Waals surface area contributed by atoms with Gasteiger partial charge in [0.1, 0.15) is 5.75 Å². The van der Waals surface area contributed by atoms with Crippen LogP contribution in [0.5, 0.6) is 5.75 Å². The zero-order valence-corrected chi connectivity index (χ0v) is 17.3. The molecule has 0 aliphatic carbocycles. The van der Waals surface area contributed by atoms with Gasteiger partial charge in [-0.15, -0.1) is 0 Å². The Morgan fingerprint density at radius 1 is 0.967 bits per heavy atom. The van der Waals surface area contributed by atoms with Crippen LogP contribution in [0.15, 0.2) is 71.7 Å². The van der Waals surface area contributed by atoms with Crippen LogP contribution in [-0.4, -0.2) is 19.2 Å². The van der Waals surface area contributed by atoms with Crippen LogP contribution >= 0.6 is 0 Å². The Bertz CT molecular complexity index is 1190. The molecule has 0 bridgehead atoms. The highest BCUT2D eigenvalue weighted by Crippen LogP contribution is 2.15. The molecule has 0 atom stereocenters. The molecule has 2 aromatic heterocycles. The molecule has 4 rings (SSSR count). The predicted octanol–water partition coefficient (Wildman–Crippen LogP) is 4.54. The summed E-state index contributed by atoms with van der Waals surface area (Å²) in [5.74, 6) is 0.287. The van der Waals surface area contributed by atoms with E-state index in [-0.39, 0.29) is 11.4 Å². The van der Waals surface area contributed by atoms with Crippen LogP contribution in [0.4, 0.5) is 0 Å². The van der Waals surface area contributed by atoms with Gasteiger partial charge in [0, 0.05) is 23.8 Å². The van der Waals surface area contributed by atoms with Crippen LogP contribution in [0.2, 0.25) is 0 Å². The van der Waals surface area contributed by atoms with Gasteiger partial charge < -0.3 is 5.11 Å². The van der Waals surface area contributed by atoms with Gasteiger partial charge in [0.15, 0.2) is 0 Å². The monoisotopic (exact) mass is 401 g/mol. The number of aromatic nitrogens is 3. The predicted molar refractivity (Wildman–Crippen MR) is 120 cm³/mol. The van der Waals surface area contributed by atoms with Crippen molar-refractivity contribution in [2.75, 3.05) is 0 Å². The fraction of sp³-hybridized carbons (Fsp3) is 0.280. The van der Waals surface area contributed by atoms with E-state index in [0.29, 0.717) is 6.54 Å². The minimum Gasteiger partial charge on any atom is -0.508 e. The van der Waals surface area contributed by atoms with Crippen LogP contribution in [0, 0.1) is 0 Å². The maximum Gasteiger partial charge on any atom is 0.328 e. The normalized spacial score (nSPS) is 11.2. The van der Waals surface area contributed by atoms with Crippen molar-refractivity contribution in [2.45, 2.75) is 45.7 Å². The number of phenols is 1. The minimum atomic E-state index is 0.0337. The van der Waals surface area contributed by atoms with Gasteiger partial charge in [0.2, 0.25) is 0 Å². The number of phenolic OH excluding ortho intramolecular Hbond substituents is 1. The number of pyridine rings is 1. The lowest BCUT2D eigenvalue weighted by atomic mass is 10.1. The summed E-state index contributed by atoms with van der Waals surface area (Å²) in [6.07, 6.45) is 5.62. The van der Waals surface area contributed by atoms with Crippen LogP contribution in [0.3, 0.4) is 0 Å². The zero-order valence-electron chi connectivity index (χ0n) is 17.3. The van der Waals surface area contributed by atoms with Gasteiger partial charge in [-0.3, -0.25) is 14.1 Å². The van der Waals surface area contributed by atoms with Crippen molar-refractivity contribution < 1.29 is 5.11 Å². The number of aromatic hydroxyl groups is 1. The van der Waals surface area contributed by atoms with Gasteiger partial charge in [0.05, 0.1) is 17.8 Å². The van der Waals surface area contributed by atoms with E-state index in [4.69, 9.17) is 4.98 Å². The first-order valence-corrected chi connectivity index (χ1v) is 10.6. The highest BCUT2D eigenvalue weighted by Gasteiger charge is 2.12. The number of hydrogen-bond donors (Lipinski definition) is 1. The number of benzene rings is 2. The third kappa shape index (κ3) is 4.46. The van der Waals surface area contributed by atoms with E-state index in [2.05, 4.69) is 13.0 Å². The topological polar surface area (TPSA) is 60.1 Å². The fourth-order valence-electron chi connectivity index (χ4n) is 3.87. The zero-order chi connectivity index (χ0) is 20.9. The molecule has 5 nitrogen and oxygen atoms in total. The summed E-state index contributed by atoms with van der Waals surface area (Å²) in [4.78, 5) is 17.7. The van der Waals surface area contributed by atoms with Crippen LogP contribution in [0.25, 0.3) is 10.9 Å². The second kappa shape index (κ2) is 8.99. The van der Waals surface area contributed by atoms with E-state index in [1.807, 2.05) is 53.2 Å². The maximum atomic E-state index is 13.0. The van der Waals surface area contributed by atoms with Gasteiger partial charge in [0.25, 0.3) is 0 Å². The summed E-state index contributed by atoms with van der Waals surface area (Å²) >= 11 is 0. The standard InChI is InChI=1S/C25H27N3O2/c1-2-16-28-22(8-5-6-19-10-14-23(29)15-11-19)18-27(25(28)30)17-21-13-12-20-7-3-4-9-24(20)26-21/h3-4,7,9-15,18,29H,2,5-6,8,16-17H2,1H3. The fourth-order valence-corrected chi connectivity index (χ4v) is 3.87. The number of para-hydroxylation sites is 1. The van der Waals surface area contributed by atoms with Crippen molar-refractivity contribution in [3.8, 4) is 5.75 Å². The number of aryl methyl sites for hydroxylation is 2. The van der Waals surface area contributed by atoms with Crippen LogP contribution in [0.1, 0.15) is 36.7 Å². The molecule has 0 spiro atoms. The lowest BCUT2D eigenvalue weighted by Gasteiger charge is -2.06. The van der Waals surface area contributed by atoms with E-state index in [1.165, 1.54) is 5.56 Å². The van der Waals surface area contributed by atoms with E-state index < -0.39 is 0 Å². The molecule has 0 unspecified atom stereocenters. The maximum absolute atomic E-state index is 13.0. The summed E-state index contributed by atoms with van der Waals surface area (Å²) < 4.78 is 3.68. The van der Waals surface area contributed by atoms with Gasteiger partial charge in [-0.05, 0) is 55.5 Å². The average Bonchev–Trinajstić information content (AvgIpc) is 3.04. The SMILES string of the molecule is CCCn1c(CCCc2ccc(O)cc2)cn(Cc2ccc3ccccc3n2)c1=O.